The van der Waals surface area contributed by atoms with Gasteiger partial charge in [-0.1, -0.05) is 0 Å². The molecule has 0 heterocycles. The predicted molar refractivity (Wildman–Crippen MR) is 75.5 cm³/mol. The zero-order chi connectivity index (χ0) is 14.7. The highest BCUT2D eigenvalue weighted by atomic mass is 19.1. The minimum atomic E-state index is -0.469. The molecule has 0 atom stereocenters. The van der Waals surface area contributed by atoms with Gasteiger partial charge in [-0.2, -0.15) is 0 Å². The number of hydrogen-bond acceptors (Lipinski definition) is 2. The molecule has 2 aromatic carbocycles. The van der Waals surface area contributed by atoms with Crippen LogP contribution in [0.3, 0.4) is 0 Å². The van der Waals surface area contributed by atoms with E-state index in [0.717, 1.165) is 0 Å². The average molecular weight is 275 g/mol. The van der Waals surface area contributed by atoms with Crippen LogP contribution in [0.15, 0.2) is 42.5 Å². The third-order valence-electron chi connectivity index (χ3n) is 3.10. The van der Waals surface area contributed by atoms with Crippen molar-refractivity contribution in [1.29, 1.82) is 0 Å². The van der Waals surface area contributed by atoms with Gasteiger partial charge in [-0.25, -0.2) is 8.78 Å². The van der Waals surface area contributed by atoms with Crippen molar-refractivity contribution in [2.24, 2.45) is 0 Å². The van der Waals surface area contributed by atoms with E-state index in [1.165, 1.54) is 25.1 Å². The second-order valence-electron chi connectivity index (χ2n) is 4.44. The summed E-state index contributed by atoms with van der Waals surface area (Å²) in [6.07, 6.45) is 0. The van der Waals surface area contributed by atoms with Crippen molar-refractivity contribution in [3.8, 4) is 0 Å². The zero-order valence-corrected chi connectivity index (χ0v) is 11.4. The first-order valence-electron chi connectivity index (χ1n) is 6.36. The molecule has 0 radical (unpaired) electrons. The summed E-state index contributed by atoms with van der Waals surface area (Å²) in [6.45, 7) is 3.80. The minimum Gasteiger partial charge on any atom is -0.339 e. The summed E-state index contributed by atoms with van der Waals surface area (Å²) >= 11 is 0. The molecule has 0 bridgehead atoms. The Balaban J connectivity index is 2.41. The maximum absolute atomic E-state index is 14.1. The van der Waals surface area contributed by atoms with Gasteiger partial charge in [-0.05, 0) is 56.3 Å². The van der Waals surface area contributed by atoms with Gasteiger partial charge in [0.25, 0.3) is 0 Å². The van der Waals surface area contributed by atoms with Crippen LogP contribution in [0.5, 0.6) is 0 Å². The second kappa shape index (κ2) is 5.82. The van der Waals surface area contributed by atoms with E-state index in [-0.39, 0.29) is 11.6 Å². The molecule has 0 aliphatic rings. The molecule has 4 heteroatoms. The number of benzene rings is 2. The van der Waals surface area contributed by atoms with E-state index in [9.17, 15) is 13.6 Å². The summed E-state index contributed by atoms with van der Waals surface area (Å²) < 4.78 is 27.1. The number of rotatable bonds is 4. The Hall–Kier alpha value is -2.23. The van der Waals surface area contributed by atoms with E-state index in [0.29, 0.717) is 23.5 Å². The fraction of sp³-hybridized carbons (Fsp3) is 0.188. The topological polar surface area (TPSA) is 20.3 Å². The Morgan fingerprint density at radius 3 is 2.25 bits per heavy atom. The molecule has 2 aromatic rings. The Morgan fingerprint density at radius 2 is 1.75 bits per heavy atom. The number of carbonyl (C=O) groups excluding carboxylic acids is 1. The fourth-order valence-corrected chi connectivity index (χ4v) is 2.06. The third-order valence-corrected chi connectivity index (χ3v) is 3.10. The smallest absolute Gasteiger partial charge is 0.159 e. The van der Waals surface area contributed by atoms with Crippen molar-refractivity contribution in [2.75, 3.05) is 11.4 Å². The Kier molecular flexibility index (Phi) is 4.13. The number of Topliss-reactive ketones (excluding diaryl/α,β-unsaturated/α-hetero) is 1. The quantitative estimate of drug-likeness (QED) is 0.774. The summed E-state index contributed by atoms with van der Waals surface area (Å²) in [5.74, 6) is -0.985. The van der Waals surface area contributed by atoms with E-state index in [1.807, 2.05) is 6.92 Å². The fourth-order valence-electron chi connectivity index (χ4n) is 2.06. The molecule has 20 heavy (non-hydrogen) atoms. The van der Waals surface area contributed by atoms with Crippen molar-refractivity contribution in [3.63, 3.8) is 0 Å². The molecule has 0 saturated carbocycles. The Bertz CT molecular complexity index is 623. The summed E-state index contributed by atoms with van der Waals surface area (Å²) in [4.78, 5) is 13.0. The molecule has 0 N–H and O–H groups in total. The van der Waals surface area contributed by atoms with E-state index in [1.54, 1.807) is 29.2 Å². The number of nitrogens with zero attached hydrogens (tertiary/aromatic N) is 1. The van der Waals surface area contributed by atoms with Gasteiger partial charge in [0.2, 0.25) is 0 Å². The molecule has 0 aliphatic carbocycles. The molecular formula is C16H15F2NO. The second-order valence-corrected chi connectivity index (χ2v) is 4.44. The first-order valence-corrected chi connectivity index (χ1v) is 6.36. The molecule has 0 amide bonds. The van der Waals surface area contributed by atoms with Crippen LogP contribution in [0.4, 0.5) is 20.2 Å². The Labute approximate surface area is 116 Å². The lowest BCUT2D eigenvalue weighted by molar-refractivity contribution is 0.101. The molecular weight excluding hydrogens is 260 g/mol. The van der Waals surface area contributed by atoms with Crippen LogP contribution in [0.2, 0.25) is 0 Å². The van der Waals surface area contributed by atoms with Crippen molar-refractivity contribution < 1.29 is 13.6 Å². The highest BCUT2D eigenvalue weighted by Gasteiger charge is 2.13. The predicted octanol–water partition coefficient (Wildman–Crippen LogP) is 4.33. The zero-order valence-electron chi connectivity index (χ0n) is 11.4. The van der Waals surface area contributed by atoms with Crippen molar-refractivity contribution in [2.45, 2.75) is 13.8 Å². The first-order chi connectivity index (χ1) is 9.52. The molecule has 0 aromatic heterocycles. The molecule has 2 nitrogen and oxygen atoms in total. The summed E-state index contributed by atoms with van der Waals surface area (Å²) in [7, 11) is 0. The molecule has 0 unspecified atom stereocenters. The van der Waals surface area contributed by atoms with Gasteiger partial charge in [0.1, 0.15) is 11.6 Å². The summed E-state index contributed by atoms with van der Waals surface area (Å²) in [6, 6.07) is 10.2. The number of hydrogen-bond donors (Lipinski definition) is 0. The van der Waals surface area contributed by atoms with E-state index < -0.39 is 5.82 Å². The lowest BCUT2D eigenvalue weighted by Gasteiger charge is -2.24. The van der Waals surface area contributed by atoms with Crippen molar-refractivity contribution in [3.05, 3.63) is 59.7 Å². The van der Waals surface area contributed by atoms with Crippen LogP contribution in [0, 0.1) is 11.6 Å². The van der Waals surface area contributed by atoms with Gasteiger partial charge < -0.3 is 4.90 Å². The van der Waals surface area contributed by atoms with Crippen LogP contribution in [-0.2, 0) is 0 Å². The number of ketones is 1. The van der Waals surface area contributed by atoms with Gasteiger partial charge in [-0.15, -0.1) is 0 Å². The van der Waals surface area contributed by atoms with E-state index in [4.69, 9.17) is 0 Å². The average Bonchev–Trinajstić information content (AvgIpc) is 2.43. The summed E-state index contributed by atoms with van der Waals surface area (Å²) in [5.41, 5.74) is 1.40. The van der Waals surface area contributed by atoms with Crippen LogP contribution in [-0.4, -0.2) is 12.3 Å². The molecule has 0 spiro atoms. The lowest BCUT2D eigenvalue weighted by Crippen LogP contribution is -2.17. The summed E-state index contributed by atoms with van der Waals surface area (Å²) in [5, 5.41) is 0. The largest absolute Gasteiger partial charge is 0.339 e. The SMILES string of the molecule is CCN(c1ccc(F)cc1)c1ccc(C(C)=O)cc1F. The monoisotopic (exact) mass is 275 g/mol. The van der Waals surface area contributed by atoms with E-state index >= 15 is 0 Å². The molecule has 0 saturated heterocycles. The molecule has 0 fully saturated rings. The van der Waals surface area contributed by atoms with Gasteiger partial charge in [0, 0.05) is 17.8 Å². The molecule has 104 valence electrons. The van der Waals surface area contributed by atoms with Gasteiger partial charge >= 0.3 is 0 Å². The molecule has 0 aliphatic heterocycles. The van der Waals surface area contributed by atoms with Crippen LogP contribution in [0.25, 0.3) is 0 Å². The van der Waals surface area contributed by atoms with Crippen LogP contribution in [0.1, 0.15) is 24.2 Å². The van der Waals surface area contributed by atoms with Crippen LogP contribution >= 0.6 is 0 Å². The van der Waals surface area contributed by atoms with Crippen molar-refractivity contribution >= 4 is 17.2 Å². The van der Waals surface area contributed by atoms with Crippen molar-refractivity contribution in [1.82, 2.24) is 0 Å². The highest BCUT2D eigenvalue weighted by Crippen LogP contribution is 2.28. The number of anilines is 2. The maximum atomic E-state index is 14.1. The minimum absolute atomic E-state index is 0.180. The molecule has 2 rings (SSSR count). The normalized spacial score (nSPS) is 10.4. The van der Waals surface area contributed by atoms with Crippen LogP contribution < -0.4 is 4.90 Å². The third kappa shape index (κ3) is 2.85. The van der Waals surface area contributed by atoms with Gasteiger partial charge in [-0.3, -0.25) is 4.79 Å². The number of halogens is 2. The lowest BCUT2D eigenvalue weighted by atomic mass is 10.1. The Morgan fingerprint density at radius 1 is 1.10 bits per heavy atom. The van der Waals surface area contributed by atoms with Gasteiger partial charge in [0.15, 0.2) is 5.78 Å². The highest BCUT2D eigenvalue weighted by molar-refractivity contribution is 5.94. The van der Waals surface area contributed by atoms with Gasteiger partial charge in [0.05, 0.1) is 5.69 Å². The van der Waals surface area contributed by atoms with E-state index in [2.05, 4.69) is 0 Å². The first kappa shape index (κ1) is 14.2. The maximum Gasteiger partial charge on any atom is 0.159 e. The standard InChI is InChI=1S/C16H15F2NO/c1-3-19(14-7-5-13(17)6-8-14)16-9-4-12(11(2)20)10-15(16)18/h4-10H,3H2,1-2H3. The number of carbonyl (C=O) groups is 1.